The van der Waals surface area contributed by atoms with Crippen LogP contribution in [-0.4, -0.2) is 25.7 Å². The first-order chi connectivity index (χ1) is 8.72. The highest BCUT2D eigenvalue weighted by atomic mass is 32.2. The molecule has 104 valence electrons. The molecule has 0 saturated heterocycles. The van der Waals surface area contributed by atoms with Gasteiger partial charge in [-0.15, -0.1) is 0 Å². The molecule has 0 aromatic heterocycles. The van der Waals surface area contributed by atoms with Crippen LogP contribution in [0.4, 0.5) is 0 Å². The van der Waals surface area contributed by atoms with Crippen LogP contribution < -0.4 is 4.72 Å². The van der Waals surface area contributed by atoms with Gasteiger partial charge < -0.3 is 5.11 Å². The number of hydrogen-bond acceptors (Lipinski definition) is 4. The molecule has 6 heteroatoms. The molecular weight excluding hydrogens is 264 g/mol. The van der Waals surface area contributed by atoms with Crippen molar-refractivity contribution < 1.29 is 13.5 Å². The van der Waals surface area contributed by atoms with Crippen molar-refractivity contribution in [3.8, 4) is 6.07 Å². The topological polar surface area (TPSA) is 90.2 Å². The van der Waals surface area contributed by atoms with Crippen molar-refractivity contribution in [1.29, 1.82) is 5.26 Å². The van der Waals surface area contributed by atoms with Crippen LogP contribution in [0, 0.1) is 18.3 Å². The van der Waals surface area contributed by atoms with E-state index in [1.165, 1.54) is 18.2 Å². The normalized spacial score (nSPS) is 12.2. The summed E-state index contributed by atoms with van der Waals surface area (Å²) in [5.74, 6) is 0. The Morgan fingerprint density at radius 3 is 2.53 bits per heavy atom. The third-order valence-corrected chi connectivity index (χ3v) is 4.47. The number of benzene rings is 1. The molecule has 1 aromatic rings. The van der Waals surface area contributed by atoms with Gasteiger partial charge in [-0.3, -0.25) is 0 Å². The number of aliphatic hydroxyl groups excluding tert-OH is 1. The van der Waals surface area contributed by atoms with Crippen LogP contribution in [0.15, 0.2) is 23.1 Å². The van der Waals surface area contributed by atoms with Gasteiger partial charge in [0.2, 0.25) is 10.0 Å². The third kappa shape index (κ3) is 4.03. The van der Waals surface area contributed by atoms with Gasteiger partial charge in [0.05, 0.1) is 16.5 Å². The molecule has 0 aliphatic heterocycles. The zero-order valence-corrected chi connectivity index (χ0v) is 12.1. The summed E-state index contributed by atoms with van der Waals surface area (Å²) in [6, 6.07) is 6.36. The zero-order chi connectivity index (χ0) is 14.7. The fourth-order valence-electron chi connectivity index (χ4n) is 1.68. The zero-order valence-electron chi connectivity index (χ0n) is 11.3. The van der Waals surface area contributed by atoms with Gasteiger partial charge in [0.25, 0.3) is 0 Å². The molecule has 5 nitrogen and oxygen atoms in total. The fraction of sp³-hybridized carbons (Fsp3) is 0.462. The highest BCUT2D eigenvalue weighted by Gasteiger charge is 2.25. The lowest BCUT2D eigenvalue weighted by molar-refractivity contribution is 0.245. The van der Waals surface area contributed by atoms with Gasteiger partial charge in [0.15, 0.2) is 0 Å². The van der Waals surface area contributed by atoms with Crippen LogP contribution in [0.5, 0.6) is 0 Å². The van der Waals surface area contributed by atoms with Crippen molar-refractivity contribution in [2.75, 3.05) is 6.61 Å². The molecule has 0 aliphatic rings. The van der Waals surface area contributed by atoms with Crippen molar-refractivity contribution in [2.24, 2.45) is 0 Å². The molecule has 0 fully saturated rings. The molecule has 0 aliphatic carbocycles. The lowest BCUT2D eigenvalue weighted by Gasteiger charge is -2.25. The second kappa shape index (κ2) is 5.70. The Balaban J connectivity index is 3.08. The van der Waals surface area contributed by atoms with Crippen LogP contribution in [0.2, 0.25) is 0 Å². The Kier molecular flexibility index (Phi) is 4.69. The number of nitrogens with one attached hydrogen (secondary N) is 1. The van der Waals surface area contributed by atoms with E-state index in [0.717, 1.165) is 0 Å². The molecular formula is C13H18N2O3S. The lowest BCUT2D eigenvalue weighted by atomic mass is 10.0. The van der Waals surface area contributed by atoms with E-state index in [0.29, 0.717) is 17.5 Å². The Bertz CT molecular complexity index is 601. The summed E-state index contributed by atoms with van der Waals surface area (Å²) in [6.07, 6.45) is 0.321. The van der Waals surface area contributed by atoms with Crippen molar-refractivity contribution >= 4 is 10.0 Å². The molecule has 0 heterocycles. The molecule has 0 spiro atoms. The largest absolute Gasteiger partial charge is 0.396 e. The molecule has 2 N–H and O–H groups in total. The maximum atomic E-state index is 12.2. The van der Waals surface area contributed by atoms with E-state index in [2.05, 4.69) is 4.72 Å². The Morgan fingerprint density at radius 1 is 1.42 bits per heavy atom. The van der Waals surface area contributed by atoms with Crippen LogP contribution in [-0.2, 0) is 10.0 Å². The number of rotatable bonds is 5. The molecule has 1 aromatic carbocycles. The van der Waals surface area contributed by atoms with Gasteiger partial charge in [-0.05, 0) is 51.0 Å². The van der Waals surface area contributed by atoms with E-state index in [9.17, 15) is 8.42 Å². The van der Waals surface area contributed by atoms with E-state index >= 15 is 0 Å². The van der Waals surface area contributed by atoms with E-state index in [-0.39, 0.29) is 11.5 Å². The average Bonchev–Trinajstić information content (AvgIpc) is 2.27. The first-order valence-electron chi connectivity index (χ1n) is 5.87. The smallest absolute Gasteiger partial charge is 0.241 e. The summed E-state index contributed by atoms with van der Waals surface area (Å²) >= 11 is 0. The number of hydrogen-bond donors (Lipinski definition) is 2. The van der Waals surface area contributed by atoms with Crippen molar-refractivity contribution in [3.05, 3.63) is 29.3 Å². The summed E-state index contributed by atoms with van der Waals surface area (Å²) in [5.41, 5.74) is 0.342. The van der Waals surface area contributed by atoms with Crippen molar-refractivity contribution in [2.45, 2.75) is 37.6 Å². The standard InChI is InChI=1S/C13H18N2O3S/c1-10-8-12(5-4-11(10)9-14)19(17,18)15-13(2,3)6-7-16/h4-5,8,15-16H,6-7H2,1-3H3. The molecule has 1 rings (SSSR count). The maximum Gasteiger partial charge on any atom is 0.241 e. The predicted molar refractivity (Wildman–Crippen MR) is 72.0 cm³/mol. The van der Waals surface area contributed by atoms with Gasteiger partial charge in [0.1, 0.15) is 0 Å². The molecule has 0 radical (unpaired) electrons. The number of aliphatic hydroxyl groups is 1. The first kappa shape index (κ1) is 15.6. The minimum atomic E-state index is -3.66. The van der Waals surface area contributed by atoms with E-state index in [1.807, 2.05) is 6.07 Å². The Labute approximate surface area is 113 Å². The van der Waals surface area contributed by atoms with E-state index in [1.54, 1.807) is 20.8 Å². The highest BCUT2D eigenvalue weighted by molar-refractivity contribution is 7.89. The van der Waals surface area contributed by atoms with Crippen LogP contribution in [0.1, 0.15) is 31.4 Å². The van der Waals surface area contributed by atoms with Crippen LogP contribution >= 0.6 is 0 Å². The summed E-state index contributed by atoms with van der Waals surface area (Å²) in [4.78, 5) is 0.120. The summed E-state index contributed by atoms with van der Waals surface area (Å²) in [5, 5.41) is 17.7. The van der Waals surface area contributed by atoms with Gasteiger partial charge in [0, 0.05) is 12.1 Å². The quantitative estimate of drug-likeness (QED) is 0.852. The molecule has 0 unspecified atom stereocenters. The molecule has 0 bridgehead atoms. The summed E-state index contributed by atoms with van der Waals surface area (Å²) < 4.78 is 26.9. The van der Waals surface area contributed by atoms with Gasteiger partial charge in [-0.1, -0.05) is 0 Å². The van der Waals surface area contributed by atoms with Crippen molar-refractivity contribution in [3.63, 3.8) is 0 Å². The van der Waals surface area contributed by atoms with E-state index < -0.39 is 15.6 Å². The lowest BCUT2D eigenvalue weighted by Crippen LogP contribution is -2.43. The predicted octanol–water partition coefficient (Wildman–Crippen LogP) is 1.31. The Hall–Kier alpha value is -1.42. The minimum Gasteiger partial charge on any atom is -0.396 e. The first-order valence-corrected chi connectivity index (χ1v) is 7.36. The number of aryl methyl sites for hydroxylation is 1. The Morgan fingerprint density at radius 2 is 2.05 bits per heavy atom. The van der Waals surface area contributed by atoms with Crippen molar-refractivity contribution in [1.82, 2.24) is 4.72 Å². The van der Waals surface area contributed by atoms with Gasteiger partial charge in [-0.25, -0.2) is 13.1 Å². The second-order valence-electron chi connectivity index (χ2n) is 5.05. The van der Waals surface area contributed by atoms with E-state index in [4.69, 9.17) is 10.4 Å². The maximum absolute atomic E-state index is 12.2. The molecule has 0 amide bonds. The molecule has 0 atom stereocenters. The van der Waals surface area contributed by atoms with Gasteiger partial charge in [-0.2, -0.15) is 5.26 Å². The number of nitrogens with zero attached hydrogens (tertiary/aromatic N) is 1. The molecule has 0 saturated carbocycles. The molecule has 19 heavy (non-hydrogen) atoms. The third-order valence-electron chi connectivity index (χ3n) is 2.78. The van der Waals surface area contributed by atoms with Crippen LogP contribution in [0.25, 0.3) is 0 Å². The summed E-state index contributed by atoms with van der Waals surface area (Å²) in [7, 11) is -3.66. The van der Waals surface area contributed by atoms with Gasteiger partial charge >= 0.3 is 0 Å². The summed E-state index contributed by atoms with van der Waals surface area (Å²) in [6.45, 7) is 5.01. The second-order valence-corrected chi connectivity index (χ2v) is 6.73. The average molecular weight is 282 g/mol. The minimum absolute atomic E-state index is 0.0953. The SMILES string of the molecule is Cc1cc(S(=O)(=O)NC(C)(C)CCO)ccc1C#N. The fourth-order valence-corrected chi connectivity index (χ4v) is 3.21. The van der Waals surface area contributed by atoms with Crippen LogP contribution in [0.3, 0.4) is 0 Å². The number of nitriles is 1. The monoisotopic (exact) mass is 282 g/mol. The highest BCUT2D eigenvalue weighted by Crippen LogP contribution is 2.18. The number of sulfonamides is 1.